The van der Waals surface area contributed by atoms with E-state index in [-0.39, 0.29) is 0 Å². The number of pyridine rings is 1. The van der Waals surface area contributed by atoms with Gasteiger partial charge in [-0.25, -0.2) is 4.98 Å². The van der Waals surface area contributed by atoms with Crippen LogP contribution in [0, 0.1) is 6.92 Å². The zero-order valence-corrected chi connectivity index (χ0v) is 9.77. The first-order valence-corrected chi connectivity index (χ1v) is 5.47. The van der Waals surface area contributed by atoms with Crippen molar-refractivity contribution in [2.75, 3.05) is 16.8 Å². The molecule has 2 rings (SSSR count). The van der Waals surface area contributed by atoms with Crippen molar-refractivity contribution in [3.8, 4) is 0 Å². The van der Waals surface area contributed by atoms with Crippen molar-refractivity contribution >= 4 is 17.3 Å². The minimum Gasteiger partial charge on any atom is -0.396 e. The maximum Gasteiger partial charge on any atom is 0.149 e. The van der Waals surface area contributed by atoms with Gasteiger partial charge in [0.05, 0.1) is 5.69 Å². The average molecular weight is 228 g/mol. The Morgan fingerprint density at radius 1 is 1.12 bits per heavy atom. The molecular formula is C13H16N4. The quantitative estimate of drug-likeness (QED) is 0.752. The molecule has 4 heteroatoms. The number of aromatic nitrogens is 1. The van der Waals surface area contributed by atoms with E-state index in [0.29, 0.717) is 11.5 Å². The predicted molar refractivity (Wildman–Crippen MR) is 71.6 cm³/mol. The molecule has 0 bridgehead atoms. The molecule has 0 amide bonds. The van der Waals surface area contributed by atoms with Crippen molar-refractivity contribution in [3.05, 3.63) is 47.5 Å². The van der Waals surface area contributed by atoms with Crippen LogP contribution in [0.25, 0.3) is 0 Å². The molecule has 0 spiro atoms. The summed E-state index contributed by atoms with van der Waals surface area (Å²) in [4.78, 5) is 4.16. The molecule has 17 heavy (non-hydrogen) atoms. The van der Waals surface area contributed by atoms with Gasteiger partial charge in [-0.2, -0.15) is 0 Å². The smallest absolute Gasteiger partial charge is 0.149 e. The molecule has 1 heterocycles. The monoisotopic (exact) mass is 228 g/mol. The van der Waals surface area contributed by atoms with E-state index in [9.17, 15) is 0 Å². The molecule has 0 aliphatic rings. The Morgan fingerprint density at radius 3 is 2.59 bits per heavy atom. The van der Waals surface area contributed by atoms with Gasteiger partial charge in [0.1, 0.15) is 11.6 Å². The highest BCUT2D eigenvalue weighted by molar-refractivity contribution is 5.61. The van der Waals surface area contributed by atoms with Crippen molar-refractivity contribution in [1.82, 2.24) is 4.98 Å². The van der Waals surface area contributed by atoms with E-state index in [1.165, 1.54) is 11.1 Å². The maximum atomic E-state index is 5.64. The molecule has 5 N–H and O–H groups in total. The minimum absolute atomic E-state index is 0.361. The molecule has 1 aromatic heterocycles. The fourth-order valence-corrected chi connectivity index (χ4v) is 1.58. The largest absolute Gasteiger partial charge is 0.396 e. The third-order valence-electron chi connectivity index (χ3n) is 2.68. The van der Waals surface area contributed by atoms with Crippen molar-refractivity contribution in [3.63, 3.8) is 0 Å². The lowest BCUT2D eigenvalue weighted by Gasteiger charge is -2.09. The molecule has 0 radical (unpaired) electrons. The number of nitrogens with one attached hydrogen (secondary N) is 1. The first-order valence-electron chi connectivity index (χ1n) is 5.47. The summed E-state index contributed by atoms with van der Waals surface area (Å²) >= 11 is 0. The van der Waals surface area contributed by atoms with E-state index < -0.39 is 0 Å². The summed E-state index contributed by atoms with van der Waals surface area (Å²) in [7, 11) is 0. The summed E-state index contributed by atoms with van der Waals surface area (Å²) in [5.41, 5.74) is 14.2. The molecule has 1 aromatic carbocycles. The van der Waals surface area contributed by atoms with Crippen LogP contribution in [-0.4, -0.2) is 4.98 Å². The van der Waals surface area contributed by atoms with Crippen LogP contribution in [0.5, 0.6) is 0 Å². The molecule has 0 saturated heterocycles. The van der Waals surface area contributed by atoms with E-state index in [1.54, 1.807) is 6.07 Å². The summed E-state index contributed by atoms with van der Waals surface area (Å²) < 4.78 is 0. The molecule has 2 aromatic rings. The van der Waals surface area contributed by atoms with Gasteiger partial charge in [-0.3, -0.25) is 0 Å². The molecule has 0 atom stereocenters. The average Bonchev–Trinajstić information content (AvgIpc) is 2.32. The van der Waals surface area contributed by atoms with Gasteiger partial charge in [0.2, 0.25) is 0 Å². The lowest BCUT2D eigenvalue weighted by atomic mass is 10.1. The fraction of sp³-hybridized carbons (Fsp3) is 0.154. The Bertz CT molecular complexity index is 523. The van der Waals surface area contributed by atoms with Crippen LogP contribution in [0.15, 0.2) is 36.4 Å². The number of benzene rings is 1. The summed E-state index contributed by atoms with van der Waals surface area (Å²) in [6.07, 6.45) is 0. The number of hydrogen-bond acceptors (Lipinski definition) is 4. The Balaban J connectivity index is 2.08. The number of nitrogen functional groups attached to an aromatic ring is 2. The van der Waals surface area contributed by atoms with E-state index in [1.807, 2.05) is 18.2 Å². The first-order chi connectivity index (χ1) is 8.16. The van der Waals surface area contributed by atoms with Gasteiger partial charge in [0, 0.05) is 6.54 Å². The Labute approximate surface area is 101 Å². The predicted octanol–water partition coefficient (Wildman–Crippen LogP) is 2.17. The van der Waals surface area contributed by atoms with Crippen LogP contribution < -0.4 is 16.8 Å². The van der Waals surface area contributed by atoms with Gasteiger partial charge in [-0.15, -0.1) is 0 Å². The van der Waals surface area contributed by atoms with Crippen molar-refractivity contribution in [2.24, 2.45) is 0 Å². The Hall–Kier alpha value is -2.23. The maximum absolute atomic E-state index is 5.64. The molecular weight excluding hydrogens is 212 g/mol. The highest BCUT2D eigenvalue weighted by Crippen LogP contribution is 2.16. The van der Waals surface area contributed by atoms with Crippen LogP contribution in [0.1, 0.15) is 11.1 Å². The van der Waals surface area contributed by atoms with Crippen LogP contribution >= 0.6 is 0 Å². The molecule has 0 saturated carbocycles. The minimum atomic E-state index is 0.361. The standard InChI is InChI=1S/C13H16N4/c1-9-4-2-3-5-10(9)8-16-12-7-6-11(14)13(15)17-12/h2-7H,8,14H2,1H3,(H3,15,16,17). The van der Waals surface area contributed by atoms with Crippen LogP contribution in [-0.2, 0) is 6.54 Å². The summed E-state index contributed by atoms with van der Waals surface area (Å²) in [6.45, 7) is 2.81. The second-order valence-electron chi connectivity index (χ2n) is 3.95. The number of rotatable bonds is 3. The molecule has 0 aliphatic carbocycles. The molecule has 88 valence electrons. The zero-order valence-electron chi connectivity index (χ0n) is 9.77. The van der Waals surface area contributed by atoms with Gasteiger partial charge < -0.3 is 16.8 Å². The second-order valence-corrected chi connectivity index (χ2v) is 3.95. The fourth-order valence-electron chi connectivity index (χ4n) is 1.58. The van der Waals surface area contributed by atoms with Crippen LogP contribution in [0.2, 0.25) is 0 Å². The SMILES string of the molecule is Cc1ccccc1CNc1ccc(N)c(N)n1. The first kappa shape index (κ1) is 11.3. The third kappa shape index (κ3) is 2.66. The zero-order chi connectivity index (χ0) is 12.3. The topological polar surface area (TPSA) is 77.0 Å². The lowest BCUT2D eigenvalue weighted by Crippen LogP contribution is -2.05. The lowest BCUT2D eigenvalue weighted by molar-refractivity contribution is 1.09. The van der Waals surface area contributed by atoms with E-state index in [2.05, 4.69) is 29.4 Å². The van der Waals surface area contributed by atoms with E-state index >= 15 is 0 Å². The Kier molecular flexibility index (Phi) is 3.14. The summed E-state index contributed by atoms with van der Waals surface area (Å²) in [5, 5.41) is 3.22. The molecule has 0 unspecified atom stereocenters. The normalized spacial score (nSPS) is 10.2. The second kappa shape index (κ2) is 4.74. The number of hydrogen-bond donors (Lipinski definition) is 3. The molecule has 0 aliphatic heterocycles. The summed E-state index contributed by atoms with van der Waals surface area (Å²) in [6, 6.07) is 11.8. The Morgan fingerprint density at radius 2 is 1.88 bits per heavy atom. The number of anilines is 3. The number of nitrogens with two attached hydrogens (primary N) is 2. The van der Waals surface area contributed by atoms with Gasteiger partial charge >= 0.3 is 0 Å². The van der Waals surface area contributed by atoms with E-state index in [4.69, 9.17) is 11.5 Å². The third-order valence-corrected chi connectivity index (χ3v) is 2.68. The molecule has 4 nitrogen and oxygen atoms in total. The number of nitrogens with zero attached hydrogens (tertiary/aromatic N) is 1. The highest BCUT2D eigenvalue weighted by atomic mass is 15.0. The van der Waals surface area contributed by atoms with E-state index in [0.717, 1.165) is 12.4 Å². The van der Waals surface area contributed by atoms with Gasteiger partial charge in [-0.05, 0) is 30.2 Å². The number of aryl methyl sites for hydroxylation is 1. The van der Waals surface area contributed by atoms with Gasteiger partial charge in [0.15, 0.2) is 0 Å². The van der Waals surface area contributed by atoms with Crippen molar-refractivity contribution < 1.29 is 0 Å². The highest BCUT2D eigenvalue weighted by Gasteiger charge is 2.00. The van der Waals surface area contributed by atoms with Gasteiger partial charge in [-0.1, -0.05) is 24.3 Å². The van der Waals surface area contributed by atoms with Crippen molar-refractivity contribution in [1.29, 1.82) is 0 Å². The van der Waals surface area contributed by atoms with Gasteiger partial charge in [0.25, 0.3) is 0 Å². The summed E-state index contributed by atoms with van der Waals surface area (Å²) in [5.74, 6) is 1.10. The van der Waals surface area contributed by atoms with Crippen LogP contribution in [0.3, 0.4) is 0 Å². The molecule has 0 fully saturated rings. The van der Waals surface area contributed by atoms with Crippen LogP contribution in [0.4, 0.5) is 17.3 Å². The van der Waals surface area contributed by atoms with Crippen molar-refractivity contribution in [2.45, 2.75) is 13.5 Å².